The lowest BCUT2D eigenvalue weighted by Crippen LogP contribution is -2.16. The molecule has 8 heteroatoms. The van der Waals surface area contributed by atoms with Crippen molar-refractivity contribution in [3.05, 3.63) is 74.9 Å². The smallest absolute Gasteiger partial charge is 0.266 e. The van der Waals surface area contributed by atoms with Crippen LogP contribution in [-0.2, 0) is 0 Å². The first-order valence-corrected chi connectivity index (χ1v) is 7.61. The Bertz CT molecular complexity index is 951. The summed E-state index contributed by atoms with van der Waals surface area (Å²) in [5.74, 6) is -0.771. The molecule has 1 N–H and O–H groups in total. The number of nitro groups is 1. The summed E-state index contributed by atoms with van der Waals surface area (Å²) in [4.78, 5) is 22.7. The number of hydrogen-bond donors (Lipinski definition) is 1. The number of hydrazone groups is 1. The Balaban J connectivity index is 1.73. The third kappa shape index (κ3) is 3.44. The molecular weight excluding hydrogens is 333 g/mol. The minimum Gasteiger partial charge on any atom is -0.266 e. The molecule has 6 nitrogen and oxygen atoms in total. The topological polar surface area (TPSA) is 84.6 Å². The first-order valence-electron chi connectivity index (χ1n) is 6.80. The Kier molecular flexibility index (Phi) is 4.30. The Hall–Kier alpha value is -3.13. The van der Waals surface area contributed by atoms with E-state index in [2.05, 4.69) is 10.5 Å². The van der Waals surface area contributed by atoms with Crippen molar-refractivity contribution in [2.75, 3.05) is 0 Å². The number of thiophene rings is 1. The summed E-state index contributed by atoms with van der Waals surface area (Å²) in [6.07, 6.45) is 1.40. The van der Waals surface area contributed by atoms with E-state index in [1.807, 2.05) is 0 Å². The van der Waals surface area contributed by atoms with Crippen molar-refractivity contribution < 1.29 is 14.1 Å². The van der Waals surface area contributed by atoms with E-state index in [1.165, 1.54) is 53.9 Å². The summed E-state index contributed by atoms with van der Waals surface area (Å²) in [6, 6.07) is 11.7. The van der Waals surface area contributed by atoms with Crippen LogP contribution in [0.25, 0.3) is 10.1 Å². The van der Waals surface area contributed by atoms with Crippen LogP contribution in [0.2, 0.25) is 0 Å². The largest absolute Gasteiger partial charge is 0.281 e. The SMILES string of the molecule is O=C(N/N=C\c1ccc(F)cc1)c1cc2cc([N+](=O)[O-])ccc2s1. The molecular formula is C16H10FN3O3S. The van der Waals surface area contributed by atoms with Crippen LogP contribution in [0.5, 0.6) is 0 Å². The van der Waals surface area contributed by atoms with Gasteiger partial charge >= 0.3 is 0 Å². The molecule has 1 amide bonds. The zero-order chi connectivity index (χ0) is 17.1. The highest BCUT2D eigenvalue weighted by molar-refractivity contribution is 7.20. The zero-order valence-electron chi connectivity index (χ0n) is 12.1. The van der Waals surface area contributed by atoms with E-state index in [-0.39, 0.29) is 11.5 Å². The van der Waals surface area contributed by atoms with Gasteiger partial charge in [-0.25, -0.2) is 9.82 Å². The molecule has 24 heavy (non-hydrogen) atoms. The summed E-state index contributed by atoms with van der Waals surface area (Å²) in [6.45, 7) is 0. The first-order chi connectivity index (χ1) is 11.5. The fourth-order valence-corrected chi connectivity index (χ4v) is 2.96. The van der Waals surface area contributed by atoms with Crippen LogP contribution in [0.3, 0.4) is 0 Å². The maximum absolute atomic E-state index is 12.8. The summed E-state index contributed by atoms with van der Waals surface area (Å²) in [5, 5.41) is 15.2. The number of nitro benzene ring substituents is 1. The number of amides is 1. The van der Waals surface area contributed by atoms with E-state index in [4.69, 9.17) is 0 Å². The molecule has 3 rings (SSSR count). The second-order valence-corrected chi connectivity index (χ2v) is 5.92. The third-order valence-corrected chi connectivity index (χ3v) is 4.30. The summed E-state index contributed by atoms with van der Waals surface area (Å²) in [7, 11) is 0. The fraction of sp³-hybridized carbons (Fsp3) is 0. The van der Waals surface area contributed by atoms with E-state index in [1.54, 1.807) is 12.1 Å². The molecule has 2 aromatic carbocycles. The summed E-state index contributed by atoms with van der Waals surface area (Å²) < 4.78 is 13.6. The van der Waals surface area contributed by atoms with Crippen molar-refractivity contribution in [3.63, 3.8) is 0 Å². The lowest BCUT2D eigenvalue weighted by atomic mass is 10.2. The van der Waals surface area contributed by atoms with Crippen LogP contribution in [0, 0.1) is 15.9 Å². The van der Waals surface area contributed by atoms with Crippen LogP contribution in [0.1, 0.15) is 15.2 Å². The normalized spacial score (nSPS) is 11.0. The second-order valence-electron chi connectivity index (χ2n) is 4.84. The molecule has 0 atom stereocenters. The van der Waals surface area contributed by atoms with Crippen molar-refractivity contribution in [1.82, 2.24) is 5.43 Å². The Labute approximate surface area is 139 Å². The van der Waals surface area contributed by atoms with Gasteiger partial charge in [0.05, 0.1) is 16.0 Å². The van der Waals surface area contributed by atoms with Crippen molar-refractivity contribution >= 4 is 39.2 Å². The van der Waals surface area contributed by atoms with Crippen molar-refractivity contribution in [1.29, 1.82) is 0 Å². The standard InChI is InChI=1S/C16H10FN3O3S/c17-12-3-1-10(2-4-12)9-18-19-16(21)15-8-11-7-13(20(22)23)5-6-14(11)24-15/h1-9H,(H,19,21)/b18-9-. The highest BCUT2D eigenvalue weighted by Gasteiger charge is 2.12. The van der Waals surface area contributed by atoms with Gasteiger partial charge in [-0.3, -0.25) is 14.9 Å². The average Bonchev–Trinajstić information content (AvgIpc) is 2.99. The van der Waals surface area contributed by atoms with Gasteiger partial charge in [0.15, 0.2) is 0 Å². The summed E-state index contributed by atoms with van der Waals surface area (Å²) in [5.41, 5.74) is 2.99. The summed E-state index contributed by atoms with van der Waals surface area (Å²) >= 11 is 1.22. The molecule has 0 aliphatic carbocycles. The number of rotatable bonds is 4. The number of fused-ring (bicyclic) bond motifs is 1. The second kappa shape index (κ2) is 6.55. The van der Waals surface area contributed by atoms with E-state index in [0.29, 0.717) is 15.8 Å². The number of nitrogens with one attached hydrogen (secondary N) is 1. The number of nitrogens with zero attached hydrogens (tertiary/aromatic N) is 2. The lowest BCUT2D eigenvalue weighted by molar-refractivity contribution is -0.384. The van der Waals surface area contributed by atoms with Gasteiger partial charge in [0.25, 0.3) is 11.6 Å². The Morgan fingerprint density at radius 2 is 1.96 bits per heavy atom. The molecule has 0 fully saturated rings. The van der Waals surface area contributed by atoms with Gasteiger partial charge < -0.3 is 0 Å². The molecule has 120 valence electrons. The molecule has 0 unspecified atom stereocenters. The minimum atomic E-state index is -0.482. The van der Waals surface area contributed by atoms with E-state index in [9.17, 15) is 19.3 Å². The van der Waals surface area contributed by atoms with Gasteiger partial charge in [0.2, 0.25) is 0 Å². The number of benzene rings is 2. The molecule has 0 saturated carbocycles. The van der Waals surface area contributed by atoms with E-state index >= 15 is 0 Å². The van der Waals surface area contributed by atoms with Gasteiger partial charge in [-0.1, -0.05) is 12.1 Å². The predicted molar refractivity (Wildman–Crippen MR) is 89.9 cm³/mol. The van der Waals surface area contributed by atoms with E-state index in [0.717, 1.165) is 4.70 Å². The molecule has 1 aromatic heterocycles. The highest BCUT2D eigenvalue weighted by Crippen LogP contribution is 2.28. The molecule has 1 heterocycles. The van der Waals surface area contributed by atoms with E-state index < -0.39 is 10.8 Å². The maximum atomic E-state index is 12.8. The number of carbonyl (C=O) groups excluding carboxylic acids is 1. The molecule has 0 saturated heterocycles. The van der Waals surface area contributed by atoms with Crippen molar-refractivity contribution in [2.24, 2.45) is 5.10 Å². The lowest BCUT2D eigenvalue weighted by Gasteiger charge is -1.96. The highest BCUT2D eigenvalue weighted by atomic mass is 32.1. The predicted octanol–water partition coefficient (Wildman–Crippen LogP) is 3.71. The fourth-order valence-electron chi connectivity index (χ4n) is 2.03. The van der Waals surface area contributed by atoms with Crippen molar-refractivity contribution in [2.45, 2.75) is 0 Å². The first kappa shape index (κ1) is 15.8. The monoisotopic (exact) mass is 343 g/mol. The minimum absolute atomic E-state index is 0.0263. The molecule has 0 radical (unpaired) electrons. The van der Waals surface area contributed by atoms with Gasteiger partial charge in [0, 0.05) is 22.2 Å². The average molecular weight is 343 g/mol. The van der Waals surface area contributed by atoms with Crippen LogP contribution in [0.15, 0.2) is 53.6 Å². The Morgan fingerprint density at radius 3 is 2.67 bits per heavy atom. The van der Waals surface area contributed by atoms with Crippen LogP contribution >= 0.6 is 11.3 Å². The zero-order valence-corrected chi connectivity index (χ0v) is 12.9. The molecule has 0 aliphatic heterocycles. The Morgan fingerprint density at radius 1 is 1.21 bits per heavy atom. The third-order valence-electron chi connectivity index (χ3n) is 3.18. The van der Waals surface area contributed by atoms with Gasteiger partial charge in [-0.05, 0) is 29.8 Å². The maximum Gasteiger partial charge on any atom is 0.281 e. The number of carbonyl (C=O) groups is 1. The molecule has 0 aliphatic rings. The van der Waals surface area contributed by atoms with Crippen LogP contribution in [0.4, 0.5) is 10.1 Å². The number of hydrogen-bond acceptors (Lipinski definition) is 5. The number of halogens is 1. The van der Waals surface area contributed by atoms with Crippen LogP contribution in [-0.4, -0.2) is 17.0 Å². The number of non-ortho nitro benzene ring substituents is 1. The quantitative estimate of drug-likeness (QED) is 0.445. The van der Waals surface area contributed by atoms with Crippen molar-refractivity contribution in [3.8, 4) is 0 Å². The molecule has 0 spiro atoms. The van der Waals surface area contributed by atoms with Gasteiger partial charge in [0.1, 0.15) is 5.82 Å². The molecule has 0 bridgehead atoms. The molecule has 3 aromatic rings. The van der Waals surface area contributed by atoms with Gasteiger partial charge in [-0.2, -0.15) is 5.10 Å². The van der Waals surface area contributed by atoms with Gasteiger partial charge in [-0.15, -0.1) is 11.3 Å². The van der Waals surface area contributed by atoms with Crippen LogP contribution < -0.4 is 5.43 Å².